The van der Waals surface area contributed by atoms with Crippen molar-refractivity contribution in [2.45, 2.75) is 13.2 Å². The van der Waals surface area contributed by atoms with Gasteiger partial charge in [-0.3, -0.25) is 14.6 Å². The fourth-order valence-corrected chi connectivity index (χ4v) is 1.74. The van der Waals surface area contributed by atoms with E-state index in [1.807, 2.05) is 0 Å². The molecular formula is C13H12BrN3O3. The summed E-state index contributed by atoms with van der Waals surface area (Å²) < 4.78 is 7.10. The van der Waals surface area contributed by atoms with Crippen LogP contribution in [0.2, 0.25) is 0 Å². The Kier molecular flexibility index (Phi) is 4.52. The molecule has 2 aromatic rings. The van der Waals surface area contributed by atoms with Crippen LogP contribution in [0.25, 0.3) is 0 Å². The minimum atomic E-state index is -0.526. The third kappa shape index (κ3) is 3.92. The minimum absolute atomic E-state index is 0.0587. The van der Waals surface area contributed by atoms with Gasteiger partial charge in [0.1, 0.15) is 13.2 Å². The first-order chi connectivity index (χ1) is 9.54. The first-order valence-corrected chi connectivity index (χ1v) is 6.56. The molecule has 104 valence electrons. The van der Waals surface area contributed by atoms with Crippen molar-refractivity contribution >= 4 is 27.6 Å². The molecule has 0 bridgehead atoms. The molecule has 2 aromatic heterocycles. The molecule has 0 saturated heterocycles. The lowest BCUT2D eigenvalue weighted by atomic mass is 10.4. The van der Waals surface area contributed by atoms with E-state index < -0.39 is 5.97 Å². The van der Waals surface area contributed by atoms with Gasteiger partial charge in [-0.15, -0.1) is 0 Å². The van der Waals surface area contributed by atoms with Gasteiger partial charge in [-0.2, -0.15) is 0 Å². The lowest BCUT2D eigenvalue weighted by molar-refractivity contribution is -0.145. The summed E-state index contributed by atoms with van der Waals surface area (Å²) >= 11 is 3.26. The second-order valence-electron chi connectivity index (χ2n) is 4.06. The maximum absolute atomic E-state index is 11.7. The number of anilines is 1. The van der Waals surface area contributed by atoms with E-state index in [-0.39, 0.29) is 18.7 Å². The van der Waals surface area contributed by atoms with Crippen molar-refractivity contribution in [3.8, 4) is 0 Å². The van der Waals surface area contributed by atoms with Crippen LogP contribution in [0.1, 0.15) is 5.69 Å². The average Bonchev–Trinajstić information content (AvgIpc) is 2.42. The van der Waals surface area contributed by atoms with Crippen LogP contribution < -0.4 is 11.3 Å². The van der Waals surface area contributed by atoms with Gasteiger partial charge in [0.25, 0.3) is 5.56 Å². The molecule has 2 N–H and O–H groups in total. The van der Waals surface area contributed by atoms with Crippen LogP contribution in [-0.2, 0) is 22.7 Å². The Morgan fingerprint density at radius 1 is 1.35 bits per heavy atom. The van der Waals surface area contributed by atoms with Crippen molar-refractivity contribution < 1.29 is 9.53 Å². The Labute approximate surface area is 123 Å². The molecule has 0 aliphatic rings. The quantitative estimate of drug-likeness (QED) is 0.850. The number of pyridine rings is 2. The van der Waals surface area contributed by atoms with Crippen molar-refractivity contribution in [3.05, 3.63) is 57.2 Å². The number of hydrogen-bond acceptors (Lipinski definition) is 5. The number of carbonyl (C=O) groups is 1. The molecule has 0 aromatic carbocycles. The van der Waals surface area contributed by atoms with E-state index in [2.05, 4.69) is 20.9 Å². The first kappa shape index (κ1) is 14.3. The number of nitrogens with zero attached hydrogens (tertiary/aromatic N) is 2. The lowest BCUT2D eigenvalue weighted by Gasteiger charge is -2.07. The summed E-state index contributed by atoms with van der Waals surface area (Å²) in [6.45, 7) is -0.121. The molecule has 0 atom stereocenters. The molecular weight excluding hydrogens is 326 g/mol. The third-order valence-corrected chi connectivity index (χ3v) is 2.94. The molecule has 20 heavy (non-hydrogen) atoms. The van der Waals surface area contributed by atoms with Crippen LogP contribution in [-0.4, -0.2) is 15.5 Å². The van der Waals surface area contributed by atoms with Crippen molar-refractivity contribution in [3.63, 3.8) is 0 Å². The zero-order valence-corrected chi connectivity index (χ0v) is 12.0. The van der Waals surface area contributed by atoms with Crippen LogP contribution >= 0.6 is 15.9 Å². The summed E-state index contributed by atoms with van der Waals surface area (Å²) in [5.74, 6) is -0.526. The molecule has 0 radical (unpaired) electrons. The maximum Gasteiger partial charge on any atom is 0.326 e. The van der Waals surface area contributed by atoms with Gasteiger partial charge in [-0.05, 0) is 34.1 Å². The number of nitrogens with two attached hydrogens (primary N) is 1. The van der Waals surface area contributed by atoms with Crippen molar-refractivity contribution in [1.29, 1.82) is 0 Å². The number of aromatic nitrogens is 2. The molecule has 0 aliphatic heterocycles. The van der Waals surface area contributed by atoms with E-state index >= 15 is 0 Å². The standard InChI is InChI=1S/C13H12BrN3O3/c14-9-1-3-11(16-5-9)8-20-13(19)7-17-6-10(15)2-4-12(17)18/h1-6H,7-8,15H2. The number of esters is 1. The average molecular weight is 338 g/mol. The second-order valence-corrected chi connectivity index (χ2v) is 4.97. The lowest BCUT2D eigenvalue weighted by Crippen LogP contribution is -2.24. The molecule has 0 fully saturated rings. The predicted molar refractivity (Wildman–Crippen MR) is 76.8 cm³/mol. The Bertz CT molecular complexity index is 667. The fraction of sp³-hybridized carbons (Fsp3) is 0.154. The van der Waals surface area contributed by atoms with Gasteiger partial charge in [-0.25, -0.2) is 0 Å². The van der Waals surface area contributed by atoms with E-state index in [0.29, 0.717) is 11.4 Å². The maximum atomic E-state index is 11.7. The number of ether oxygens (including phenoxy) is 1. The normalized spacial score (nSPS) is 10.2. The number of nitrogen functional groups attached to an aromatic ring is 1. The molecule has 2 rings (SSSR count). The van der Waals surface area contributed by atoms with Crippen molar-refractivity contribution in [2.24, 2.45) is 0 Å². The topological polar surface area (TPSA) is 87.2 Å². The zero-order chi connectivity index (χ0) is 14.5. The molecule has 0 saturated carbocycles. The molecule has 2 heterocycles. The van der Waals surface area contributed by atoms with Gasteiger partial charge in [0.2, 0.25) is 0 Å². The third-order valence-electron chi connectivity index (χ3n) is 2.48. The van der Waals surface area contributed by atoms with E-state index in [1.165, 1.54) is 22.9 Å². The second kappa shape index (κ2) is 6.33. The van der Waals surface area contributed by atoms with E-state index in [4.69, 9.17) is 10.5 Å². The van der Waals surface area contributed by atoms with Crippen LogP contribution in [0.3, 0.4) is 0 Å². The van der Waals surface area contributed by atoms with Gasteiger partial charge < -0.3 is 15.0 Å². The number of hydrogen-bond donors (Lipinski definition) is 1. The Hall–Kier alpha value is -2.15. The highest BCUT2D eigenvalue weighted by Gasteiger charge is 2.07. The number of halogens is 1. The Balaban J connectivity index is 1.94. The van der Waals surface area contributed by atoms with Gasteiger partial charge in [-0.1, -0.05) is 0 Å². The van der Waals surface area contributed by atoms with E-state index in [1.54, 1.807) is 18.3 Å². The van der Waals surface area contributed by atoms with Crippen LogP contribution in [0.15, 0.2) is 45.9 Å². The molecule has 0 unspecified atom stereocenters. The summed E-state index contributed by atoms with van der Waals surface area (Å²) in [6.07, 6.45) is 3.02. The van der Waals surface area contributed by atoms with Crippen molar-refractivity contribution in [1.82, 2.24) is 9.55 Å². The van der Waals surface area contributed by atoms with Crippen LogP contribution in [0, 0.1) is 0 Å². The summed E-state index contributed by atoms with van der Waals surface area (Å²) in [7, 11) is 0. The fourth-order valence-electron chi connectivity index (χ4n) is 1.50. The molecule has 6 nitrogen and oxygen atoms in total. The molecule has 7 heteroatoms. The Morgan fingerprint density at radius 2 is 2.15 bits per heavy atom. The van der Waals surface area contributed by atoms with Crippen LogP contribution in [0.4, 0.5) is 5.69 Å². The zero-order valence-electron chi connectivity index (χ0n) is 10.5. The SMILES string of the molecule is Nc1ccc(=O)n(CC(=O)OCc2ccc(Br)cn2)c1. The minimum Gasteiger partial charge on any atom is -0.458 e. The van der Waals surface area contributed by atoms with Crippen molar-refractivity contribution in [2.75, 3.05) is 5.73 Å². The smallest absolute Gasteiger partial charge is 0.326 e. The van der Waals surface area contributed by atoms with E-state index in [0.717, 1.165) is 4.47 Å². The predicted octanol–water partition coefficient (Wildman–Crippen LogP) is 1.33. The highest BCUT2D eigenvalue weighted by atomic mass is 79.9. The van der Waals surface area contributed by atoms with Gasteiger partial charge in [0.05, 0.1) is 5.69 Å². The molecule has 0 amide bonds. The summed E-state index contributed by atoms with van der Waals surface area (Å²) in [4.78, 5) is 27.2. The summed E-state index contributed by atoms with van der Waals surface area (Å²) in [5.41, 5.74) is 6.28. The summed E-state index contributed by atoms with van der Waals surface area (Å²) in [5, 5.41) is 0. The largest absolute Gasteiger partial charge is 0.458 e. The number of rotatable bonds is 4. The highest BCUT2D eigenvalue weighted by molar-refractivity contribution is 9.10. The Morgan fingerprint density at radius 3 is 2.85 bits per heavy atom. The molecule has 0 aliphatic carbocycles. The first-order valence-electron chi connectivity index (χ1n) is 5.76. The van der Waals surface area contributed by atoms with Gasteiger partial charge in [0.15, 0.2) is 0 Å². The van der Waals surface area contributed by atoms with E-state index in [9.17, 15) is 9.59 Å². The molecule has 0 spiro atoms. The summed E-state index contributed by atoms with van der Waals surface area (Å²) in [6, 6.07) is 6.33. The monoisotopic (exact) mass is 337 g/mol. The van der Waals surface area contributed by atoms with Crippen LogP contribution in [0.5, 0.6) is 0 Å². The van der Waals surface area contributed by atoms with Gasteiger partial charge >= 0.3 is 5.97 Å². The van der Waals surface area contributed by atoms with Gasteiger partial charge in [0, 0.05) is 28.6 Å². The highest BCUT2D eigenvalue weighted by Crippen LogP contribution is 2.08. The number of carbonyl (C=O) groups excluding carboxylic acids is 1.